The number of imidazole rings is 1. The number of thiophene rings is 1. The molecule has 6 rings (SSSR count). The Morgan fingerprint density at radius 1 is 1.13 bits per heavy atom. The number of nitrogens with two attached hydrogens (primary N) is 2. The lowest BCUT2D eigenvalue weighted by atomic mass is 9.85. The monoisotopic (exact) mass is 426 g/mol. The minimum absolute atomic E-state index is 0.465. The Morgan fingerprint density at radius 3 is 2.77 bits per heavy atom. The Bertz CT molecular complexity index is 1420. The van der Waals surface area contributed by atoms with Gasteiger partial charge >= 0.3 is 0 Å². The molecular weight excluding hydrogens is 404 g/mol. The molecule has 0 unspecified atom stereocenters. The number of hydrogen-bond donors (Lipinski definition) is 2. The average Bonchev–Trinajstić information content (AvgIpc) is 3.41. The fourth-order valence-corrected chi connectivity index (χ4v) is 5.10. The molecule has 154 valence electrons. The number of nitrogens with zero attached hydrogens (tertiary/aromatic N) is 4. The Labute approximate surface area is 183 Å². The van der Waals surface area contributed by atoms with E-state index in [1.165, 1.54) is 19.3 Å². The van der Waals surface area contributed by atoms with Gasteiger partial charge in [0.25, 0.3) is 0 Å². The van der Waals surface area contributed by atoms with E-state index < -0.39 is 0 Å². The van der Waals surface area contributed by atoms with Crippen molar-refractivity contribution >= 4 is 33.6 Å². The number of benzene rings is 1. The van der Waals surface area contributed by atoms with Crippen LogP contribution in [0.25, 0.3) is 38.2 Å². The topological polar surface area (TPSA) is 95.1 Å². The fourth-order valence-electron chi connectivity index (χ4n) is 4.41. The molecule has 1 fully saturated rings. The summed E-state index contributed by atoms with van der Waals surface area (Å²) in [6, 6.07) is 12.5. The number of anilines is 1. The van der Waals surface area contributed by atoms with E-state index in [0.29, 0.717) is 18.3 Å². The summed E-state index contributed by atoms with van der Waals surface area (Å²) in [5.74, 6) is 2.06. The largest absolute Gasteiger partial charge is 0.382 e. The molecule has 5 aromatic rings. The molecule has 0 saturated heterocycles. The van der Waals surface area contributed by atoms with E-state index >= 15 is 0 Å². The number of pyridine rings is 1. The summed E-state index contributed by atoms with van der Waals surface area (Å²) in [5.41, 5.74) is 18.1. The van der Waals surface area contributed by atoms with E-state index in [0.717, 1.165) is 49.6 Å². The Kier molecular flexibility index (Phi) is 4.26. The van der Waals surface area contributed by atoms with Gasteiger partial charge in [0.05, 0.1) is 16.1 Å². The van der Waals surface area contributed by atoms with Crippen LogP contribution in [0.4, 0.5) is 5.82 Å². The molecule has 6 nitrogen and oxygen atoms in total. The zero-order chi connectivity index (χ0) is 20.9. The third-order valence-corrected chi connectivity index (χ3v) is 7.14. The van der Waals surface area contributed by atoms with E-state index in [1.54, 1.807) is 17.5 Å². The maximum Gasteiger partial charge on any atom is 0.150 e. The van der Waals surface area contributed by atoms with Crippen LogP contribution in [-0.2, 0) is 6.54 Å². The zero-order valence-electron chi connectivity index (χ0n) is 17.0. The van der Waals surface area contributed by atoms with Crippen LogP contribution in [0.3, 0.4) is 0 Å². The van der Waals surface area contributed by atoms with Crippen molar-refractivity contribution < 1.29 is 0 Å². The maximum absolute atomic E-state index is 6.31. The zero-order valence-corrected chi connectivity index (χ0v) is 17.8. The van der Waals surface area contributed by atoms with E-state index in [9.17, 15) is 0 Å². The van der Waals surface area contributed by atoms with Crippen LogP contribution in [0.15, 0.2) is 54.2 Å². The predicted molar refractivity (Wildman–Crippen MR) is 126 cm³/mol. The van der Waals surface area contributed by atoms with Crippen LogP contribution in [-0.4, -0.2) is 19.4 Å². The molecule has 31 heavy (non-hydrogen) atoms. The first-order valence-electron chi connectivity index (χ1n) is 10.5. The van der Waals surface area contributed by atoms with Gasteiger partial charge in [-0.25, -0.2) is 15.0 Å². The second kappa shape index (κ2) is 7.14. The highest BCUT2D eigenvalue weighted by molar-refractivity contribution is 7.13. The van der Waals surface area contributed by atoms with Crippen LogP contribution in [0.1, 0.15) is 36.6 Å². The third-order valence-electron chi connectivity index (χ3n) is 6.24. The molecule has 4 N–H and O–H groups in total. The molecule has 1 saturated carbocycles. The Hall–Kier alpha value is -3.29. The molecule has 4 heterocycles. The maximum atomic E-state index is 6.31. The van der Waals surface area contributed by atoms with Gasteiger partial charge in [0.1, 0.15) is 22.9 Å². The van der Waals surface area contributed by atoms with E-state index in [1.807, 2.05) is 12.3 Å². The summed E-state index contributed by atoms with van der Waals surface area (Å²) >= 11 is 1.68. The molecule has 1 aliphatic carbocycles. The molecule has 7 heteroatoms. The SMILES string of the molecule is NCc1cc(-c2cccs2)nc2cc(-c3nc(C4CCC4)n4ccnc(N)c34)ccc12. The molecule has 0 bridgehead atoms. The van der Waals surface area contributed by atoms with E-state index in [-0.39, 0.29) is 0 Å². The first-order chi connectivity index (χ1) is 15.2. The van der Waals surface area contributed by atoms with E-state index in [2.05, 4.69) is 45.1 Å². The first-order valence-corrected chi connectivity index (χ1v) is 11.4. The van der Waals surface area contributed by atoms with Crippen molar-refractivity contribution in [3.05, 3.63) is 65.6 Å². The normalized spacial score (nSPS) is 14.4. The van der Waals surface area contributed by atoms with Crippen LogP contribution in [0.2, 0.25) is 0 Å². The van der Waals surface area contributed by atoms with Crippen molar-refractivity contribution in [3.63, 3.8) is 0 Å². The fraction of sp³-hybridized carbons (Fsp3) is 0.208. The van der Waals surface area contributed by atoms with Crippen LogP contribution >= 0.6 is 11.3 Å². The predicted octanol–water partition coefficient (Wildman–Crippen LogP) is 4.98. The average molecular weight is 427 g/mol. The van der Waals surface area contributed by atoms with Gasteiger partial charge in [0, 0.05) is 35.8 Å². The molecular formula is C24H22N6S. The van der Waals surface area contributed by atoms with Crippen molar-refractivity contribution in [2.75, 3.05) is 5.73 Å². The standard InChI is InChI=1S/C24H22N6S/c25-13-16-12-19(20-5-2-10-31-20)28-18-11-15(6-7-17(16)18)21-22-23(26)27-8-9-30(22)24(29-21)14-3-1-4-14/h2,5-12,14H,1,3-4,13,25H2,(H2,26,27). The van der Waals surface area contributed by atoms with Crippen LogP contribution in [0.5, 0.6) is 0 Å². The van der Waals surface area contributed by atoms with Crippen LogP contribution < -0.4 is 11.5 Å². The van der Waals surface area contributed by atoms with Crippen molar-refractivity contribution in [2.24, 2.45) is 5.73 Å². The second-order valence-electron chi connectivity index (χ2n) is 8.06. The molecule has 1 aliphatic rings. The molecule has 4 aromatic heterocycles. The van der Waals surface area contributed by atoms with Gasteiger partial charge in [-0.05, 0) is 42.0 Å². The summed E-state index contributed by atoms with van der Waals surface area (Å²) in [7, 11) is 0. The number of rotatable bonds is 4. The highest BCUT2D eigenvalue weighted by Gasteiger charge is 2.27. The molecule has 0 atom stereocenters. The highest BCUT2D eigenvalue weighted by atomic mass is 32.1. The van der Waals surface area contributed by atoms with Crippen molar-refractivity contribution in [1.82, 2.24) is 19.4 Å². The van der Waals surface area contributed by atoms with Gasteiger partial charge in [-0.1, -0.05) is 24.6 Å². The summed E-state index contributed by atoms with van der Waals surface area (Å²) in [6.07, 6.45) is 7.31. The summed E-state index contributed by atoms with van der Waals surface area (Å²) < 4.78 is 2.12. The first kappa shape index (κ1) is 18.5. The summed E-state index contributed by atoms with van der Waals surface area (Å²) in [6.45, 7) is 0.465. The molecule has 0 radical (unpaired) electrons. The minimum atomic E-state index is 0.465. The van der Waals surface area contributed by atoms with Gasteiger partial charge in [-0.15, -0.1) is 11.3 Å². The lowest BCUT2D eigenvalue weighted by Crippen LogP contribution is -2.12. The summed E-state index contributed by atoms with van der Waals surface area (Å²) in [4.78, 5) is 15.5. The van der Waals surface area contributed by atoms with Gasteiger partial charge in [0.15, 0.2) is 0 Å². The molecule has 1 aromatic carbocycles. The third kappa shape index (κ3) is 2.92. The van der Waals surface area contributed by atoms with Crippen molar-refractivity contribution in [2.45, 2.75) is 31.7 Å². The molecule has 0 spiro atoms. The van der Waals surface area contributed by atoms with Gasteiger partial charge < -0.3 is 11.5 Å². The highest BCUT2D eigenvalue weighted by Crippen LogP contribution is 2.39. The van der Waals surface area contributed by atoms with Crippen LogP contribution in [0, 0.1) is 0 Å². The lowest BCUT2D eigenvalue weighted by molar-refractivity contribution is 0.400. The van der Waals surface area contributed by atoms with Crippen molar-refractivity contribution in [3.8, 4) is 21.8 Å². The second-order valence-corrected chi connectivity index (χ2v) is 9.01. The smallest absolute Gasteiger partial charge is 0.150 e. The van der Waals surface area contributed by atoms with E-state index in [4.69, 9.17) is 21.4 Å². The van der Waals surface area contributed by atoms with Gasteiger partial charge in [-0.2, -0.15) is 0 Å². The molecule has 0 amide bonds. The Balaban J connectivity index is 1.57. The minimum Gasteiger partial charge on any atom is -0.382 e. The quantitative estimate of drug-likeness (QED) is 0.422. The number of aromatic nitrogens is 4. The number of nitrogen functional groups attached to an aromatic ring is 1. The van der Waals surface area contributed by atoms with Gasteiger partial charge in [-0.3, -0.25) is 4.40 Å². The van der Waals surface area contributed by atoms with Gasteiger partial charge in [0.2, 0.25) is 0 Å². The number of fused-ring (bicyclic) bond motifs is 2. The summed E-state index contributed by atoms with van der Waals surface area (Å²) in [5, 5.41) is 3.13. The molecule has 0 aliphatic heterocycles. The van der Waals surface area contributed by atoms with Crippen molar-refractivity contribution in [1.29, 1.82) is 0 Å². The Morgan fingerprint density at radius 2 is 2.03 bits per heavy atom. The lowest BCUT2D eigenvalue weighted by Gasteiger charge is -2.23. The number of hydrogen-bond acceptors (Lipinski definition) is 6.